The zero-order chi connectivity index (χ0) is 21.1. The van der Waals surface area contributed by atoms with E-state index in [1.54, 1.807) is 6.07 Å². The van der Waals surface area contributed by atoms with E-state index in [0.29, 0.717) is 0 Å². The average molecular weight is 409 g/mol. The van der Waals surface area contributed by atoms with Crippen molar-refractivity contribution in [2.45, 2.75) is 0 Å². The van der Waals surface area contributed by atoms with Crippen molar-refractivity contribution in [3.8, 4) is 6.07 Å². The van der Waals surface area contributed by atoms with Crippen LogP contribution in [0, 0.1) is 27.3 Å². The van der Waals surface area contributed by atoms with Crippen LogP contribution in [-0.2, 0) is 7.05 Å². The second-order valence-electron chi connectivity index (χ2n) is 5.92. The summed E-state index contributed by atoms with van der Waals surface area (Å²) in [7, 11) is 1.40. The molecular weight excluding hydrogens is 397 g/mol. The van der Waals surface area contributed by atoms with Crippen LogP contribution in [0.15, 0.2) is 53.3 Å². The zero-order valence-corrected chi connectivity index (χ0v) is 15.8. The molecule has 0 fully saturated rings. The van der Waals surface area contributed by atoms with E-state index in [1.165, 1.54) is 43.5 Å². The molecule has 3 aromatic rings. The van der Waals surface area contributed by atoms with E-state index < -0.39 is 22.1 Å². The third kappa shape index (κ3) is 3.88. The Morgan fingerprint density at radius 1 is 1.24 bits per heavy atom. The largest absolute Gasteiger partial charge is 0.301 e. The monoisotopic (exact) mass is 409 g/mol. The normalized spacial score (nSPS) is 12.4. The van der Waals surface area contributed by atoms with Crippen LogP contribution in [0.1, 0.15) is 15.9 Å². The summed E-state index contributed by atoms with van der Waals surface area (Å²) in [5, 5.41) is 20.7. The van der Waals surface area contributed by atoms with Gasteiger partial charge in [0, 0.05) is 18.7 Å². The van der Waals surface area contributed by atoms with Gasteiger partial charge in [0.15, 0.2) is 0 Å². The molecule has 0 amide bonds. The van der Waals surface area contributed by atoms with Crippen molar-refractivity contribution in [2.75, 3.05) is 0 Å². The fourth-order valence-corrected chi connectivity index (χ4v) is 3.72. The van der Waals surface area contributed by atoms with Crippen molar-refractivity contribution in [3.63, 3.8) is 0 Å². The number of Topliss-reactive ketones (excluding diaryl/α,β-unsaturated/α-hetero) is 1. The van der Waals surface area contributed by atoms with Gasteiger partial charge in [-0.3, -0.25) is 19.7 Å². The van der Waals surface area contributed by atoms with Crippen LogP contribution in [0.2, 0.25) is 0 Å². The lowest BCUT2D eigenvalue weighted by molar-refractivity contribution is -0.385. The number of rotatable bonds is 4. The van der Waals surface area contributed by atoms with Crippen LogP contribution in [0.25, 0.3) is 11.6 Å². The van der Waals surface area contributed by atoms with Crippen LogP contribution in [0.5, 0.6) is 0 Å². The van der Waals surface area contributed by atoms with E-state index in [9.17, 15) is 29.4 Å². The van der Waals surface area contributed by atoms with Gasteiger partial charge in [-0.2, -0.15) is 5.26 Å². The average Bonchev–Trinajstić information content (AvgIpc) is 2.98. The Bertz CT molecular complexity index is 1350. The highest BCUT2D eigenvalue weighted by atomic mass is 32.1. The van der Waals surface area contributed by atoms with E-state index in [-0.39, 0.29) is 31.6 Å². The summed E-state index contributed by atoms with van der Waals surface area (Å²) in [6.07, 6.45) is 1.35. The third-order valence-corrected chi connectivity index (χ3v) is 5.29. The third-order valence-electron chi connectivity index (χ3n) is 4.11. The van der Waals surface area contributed by atoms with Gasteiger partial charge in [-0.15, -0.1) is 11.3 Å². The number of carbonyl (C=O) groups is 1. The first-order chi connectivity index (χ1) is 13.8. The molecule has 3 rings (SSSR count). The molecule has 0 bridgehead atoms. The summed E-state index contributed by atoms with van der Waals surface area (Å²) in [5.41, 5.74) is -0.609. The molecule has 0 saturated heterocycles. The molecule has 2 aromatic carbocycles. The number of halogens is 1. The summed E-state index contributed by atoms with van der Waals surface area (Å²) in [6.45, 7) is 0. The maximum atomic E-state index is 13.1. The summed E-state index contributed by atoms with van der Waals surface area (Å²) >= 11 is 0.878. The van der Waals surface area contributed by atoms with Gasteiger partial charge in [-0.05, 0) is 36.4 Å². The summed E-state index contributed by atoms with van der Waals surface area (Å²) in [4.78, 5) is 35.9. The second kappa shape index (κ2) is 8.00. The Morgan fingerprint density at radius 3 is 2.52 bits per heavy atom. The number of nitro groups is 1. The summed E-state index contributed by atoms with van der Waals surface area (Å²) < 4.78 is 14.5. The molecule has 144 valence electrons. The molecule has 0 N–H and O–H groups in total. The molecule has 0 spiro atoms. The van der Waals surface area contributed by atoms with Gasteiger partial charge in [0.25, 0.3) is 11.2 Å². The number of carbonyl (C=O) groups excluding carboxylic acids is 1. The second-order valence-corrected chi connectivity index (χ2v) is 6.95. The maximum absolute atomic E-state index is 13.1. The van der Waals surface area contributed by atoms with Gasteiger partial charge < -0.3 is 4.57 Å². The molecular formula is C20H12FN3O4S. The first kappa shape index (κ1) is 19.9. The number of benzene rings is 2. The molecule has 9 heteroatoms. The van der Waals surface area contributed by atoms with Crippen molar-refractivity contribution < 1.29 is 14.1 Å². The number of nitriles is 1. The fourth-order valence-electron chi connectivity index (χ4n) is 2.64. The quantitative estimate of drug-likeness (QED) is 0.372. The van der Waals surface area contributed by atoms with Crippen molar-refractivity contribution in [1.29, 1.82) is 5.26 Å². The SMILES string of the molecule is Cn1c(=O)/c(=C\c2ccccc2[N+](=O)[O-])s/c1=C(/C#N)C(=O)c1ccc(F)cc1. The highest BCUT2D eigenvalue weighted by molar-refractivity contribution is 7.07. The van der Waals surface area contributed by atoms with Crippen LogP contribution >= 0.6 is 11.3 Å². The molecule has 0 radical (unpaired) electrons. The highest BCUT2D eigenvalue weighted by Gasteiger charge is 2.17. The van der Waals surface area contributed by atoms with Crippen LogP contribution in [0.3, 0.4) is 0 Å². The maximum Gasteiger partial charge on any atom is 0.276 e. The zero-order valence-electron chi connectivity index (χ0n) is 15.0. The summed E-state index contributed by atoms with van der Waals surface area (Å²) in [6, 6.07) is 12.4. The number of aromatic nitrogens is 1. The topological polar surface area (TPSA) is 106 Å². The number of hydrogen-bond donors (Lipinski definition) is 0. The Labute approximate surface area is 167 Å². The first-order valence-electron chi connectivity index (χ1n) is 8.19. The molecule has 0 aliphatic carbocycles. The van der Waals surface area contributed by atoms with Crippen molar-refractivity contribution in [1.82, 2.24) is 4.57 Å². The Balaban J connectivity index is 2.24. The van der Waals surface area contributed by atoms with Crippen molar-refractivity contribution in [3.05, 3.63) is 95.1 Å². The van der Waals surface area contributed by atoms with Crippen LogP contribution in [0.4, 0.5) is 10.1 Å². The standard InChI is InChI=1S/C20H12FN3O4S/c1-23-19(26)17(10-13-4-2-3-5-16(13)24(27)28)29-20(23)15(11-22)18(25)12-6-8-14(21)9-7-12/h2-10H,1H3/b17-10+,20-15-. The molecule has 0 atom stereocenters. The van der Waals surface area contributed by atoms with Gasteiger partial charge in [0.05, 0.1) is 15.0 Å². The predicted octanol–water partition coefficient (Wildman–Crippen LogP) is 1.88. The number of para-hydroxylation sites is 1. The minimum Gasteiger partial charge on any atom is -0.301 e. The number of nitrogens with zero attached hydrogens (tertiary/aromatic N) is 3. The van der Waals surface area contributed by atoms with E-state index in [0.717, 1.165) is 28.0 Å². The molecule has 0 unspecified atom stereocenters. The minimum absolute atomic E-state index is 0.105. The lowest BCUT2D eigenvalue weighted by Crippen LogP contribution is -2.30. The molecule has 1 aromatic heterocycles. The predicted molar refractivity (Wildman–Crippen MR) is 105 cm³/mol. The van der Waals surface area contributed by atoms with E-state index in [1.807, 2.05) is 6.07 Å². The number of hydrogen-bond acceptors (Lipinski definition) is 6. The van der Waals surface area contributed by atoms with Gasteiger partial charge in [-0.1, -0.05) is 12.1 Å². The molecule has 0 aliphatic rings. The first-order valence-corrected chi connectivity index (χ1v) is 9.00. The molecule has 0 saturated carbocycles. The lowest BCUT2D eigenvalue weighted by Gasteiger charge is -1.99. The van der Waals surface area contributed by atoms with Gasteiger partial charge >= 0.3 is 0 Å². The Hall–Kier alpha value is -3.90. The lowest BCUT2D eigenvalue weighted by atomic mass is 10.1. The minimum atomic E-state index is -0.651. The van der Waals surface area contributed by atoms with E-state index in [4.69, 9.17) is 0 Å². The summed E-state index contributed by atoms with van der Waals surface area (Å²) in [5.74, 6) is -1.17. The van der Waals surface area contributed by atoms with E-state index >= 15 is 0 Å². The van der Waals surface area contributed by atoms with Gasteiger partial charge in [0.1, 0.15) is 22.1 Å². The fraction of sp³-hybridized carbons (Fsp3) is 0.0500. The number of thiazole rings is 1. The molecule has 7 nitrogen and oxygen atoms in total. The van der Waals surface area contributed by atoms with Crippen molar-refractivity contribution >= 4 is 34.5 Å². The molecule has 1 heterocycles. The molecule has 29 heavy (non-hydrogen) atoms. The van der Waals surface area contributed by atoms with Crippen LogP contribution in [-0.4, -0.2) is 15.3 Å². The van der Waals surface area contributed by atoms with Gasteiger partial charge in [-0.25, -0.2) is 4.39 Å². The smallest absolute Gasteiger partial charge is 0.276 e. The van der Waals surface area contributed by atoms with Gasteiger partial charge in [0.2, 0.25) is 5.78 Å². The number of nitro benzene ring substituents is 1. The van der Waals surface area contributed by atoms with E-state index in [2.05, 4.69) is 0 Å². The highest BCUT2D eigenvalue weighted by Crippen LogP contribution is 2.18. The Kier molecular flexibility index (Phi) is 5.47. The Morgan fingerprint density at radius 2 is 1.90 bits per heavy atom. The van der Waals surface area contributed by atoms with Crippen molar-refractivity contribution in [2.24, 2.45) is 7.05 Å². The molecule has 0 aliphatic heterocycles. The number of ketones is 1. The van der Waals surface area contributed by atoms with Crippen LogP contribution < -0.4 is 14.8 Å².